The van der Waals surface area contributed by atoms with E-state index < -0.39 is 0 Å². The van der Waals surface area contributed by atoms with Crippen LogP contribution in [0.3, 0.4) is 0 Å². The minimum absolute atomic E-state index is 0.136. The van der Waals surface area contributed by atoms with E-state index in [-0.39, 0.29) is 11.8 Å². The lowest BCUT2D eigenvalue weighted by molar-refractivity contribution is -0.138. The third-order valence-electron chi connectivity index (χ3n) is 4.26. The Kier molecular flexibility index (Phi) is 2.78. The molecular formula is C12H19N3O2. The predicted octanol–water partition coefficient (Wildman–Crippen LogP) is -0.571. The van der Waals surface area contributed by atoms with Crippen LogP contribution in [0, 0.1) is 5.92 Å². The molecule has 3 fully saturated rings. The molecule has 2 amide bonds. The van der Waals surface area contributed by atoms with Crippen LogP contribution in [0.5, 0.6) is 0 Å². The molecule has 0 aromatic heterocycles. The minimum Gasteiger partial charge on any atom is -0.337 e. The van der Waals surface area contributed by atoms with Gasteiger partial charge in [-0.15, -0.1) is 0 Å². The number of fused-ring (bicyclic) bond motifs is 1. The van der Waals surface area contributed by atoms with Crippen molar-refractivity contribution in [2.24, 2.45) is 5.92 Å². The molecule has 0 unspecified atom stereocenters. The molecule has 0 aromatic rings. The van der Waals surface area contributed by atoms with Crippen molar-refractivity contribution in [3.63, 3.8) is 0 Å². The third-order valence-corrected chi connectivity index (χ3v) is 4.26. The van der Waals surface area contributed by atoms with Gasteiger partial charge in [0.05, 0.1) is 6.54 Å². The summed E-state index contributed by atoms with van der Waals surface area (Å²) in [6.45, 7) is 3.88. The Morgan fingerprint density at radius 2 is 2.24 bits per heavy atom. The summed E-state index contributed by atoms with van der Waals surface area (Å²) < 4.78 is 0. The summed E-state index contributed by atoms with van der Waals surface area (Å²) in [5, 5.41) is 3.34. The summed E-state index contributed by atoms with van der Waals surface area (Å²) in [6.07, 6.45) is 2.62. The molecule has 0 spiro atoms. The van der Waals surface area contributed by atoms with Crippen molar-refractivity contribution in [3.8, 4) is 0 Å². The lowest BCUT2D eigenvalue weighted by Gasteiger charge is -2.26. The van der Waals surface area contributed by atoms with Crippen LogP contribution in [-0.2, 0) is 9.59 Å². The highest BCUT2D eigenvalue weighted by Gasteiger charge is 2.40. The third kappa shape index (κ3) is 1.92. The van der Waals surface area contributed by atoms with Gasteiger partial charge in [-0.25, -0.2) is 0 Å². The number of hydrogen-bond donors (Lipinski definition) is 1. The van der Waals surface area contributed by atoms with E-state index in [9.17, 15) is 9.59 Å². The number of amides is 2. The van der Waals surface area contributed by atoms with Gasteiger partial charge in [-0.1, -0.05) is 0 Å². The molecule has 17 heavy (non-hydrogen) atoms. The Labute approximate surface area is 101 Å². The van der Waals surface area contributed by atoms with Crippen LogP contribution < -0.4 is 5.32 Å². The summed E-state index contributed by atoms with van der Waals surface area (Å²) in [5.41, 5.74) is 0. The average Bonchev–Trinajstić information content (AvgIpc) is 2.94. The van der Waals surface area contributed by atoms with Crippen LogP contribution in [0.4, 0.5) is 0 Å². The van der Waals surface area contributed by atoms with Crippen molar-refractivity contribution < 1.29 is 9.59 Å². The van der Waals surface area contributed by atoms with Crippen molar-refractivity contribution in [2.45, 2.75) is 25.3 Å². The number of carbonyl (C=O) groups excluding carboxylic acids is 2. The first-order chi connectivity index (χ1) is 8.25. The summed E-state index contributed by atoms with van der Waals surface area (Å²) >= 11 is 0. The van der Waals surface area contributed by atoms with E-state index in [1.165, 1.54) is 0 Å². The molecule has 3 heterocycles. The topological polar surface area (TPSA) is 52.7 Å². The quantitative estimate of drug-likeness (QED) is 0.700. The number of hydrogen-bond acceptors (Lipinski definition) is 3. The van der Waals surface area contributed by atoms with Crippen molar-refractivity contribution in [1.82, 2.24) is 15.1 Å². The van der Waals surface area contributed by atoms with E-state index in [2.05, 4.69) is 5.32 Å². The Morgan fingerprint density at radius 1 is 1.35 bits per heavy atom. The SMILES string of the molecule is O=C1CCCN1CC(=O)N1CC[C@H]2CNC[C@H]21. The zero-order chi connectivity index (χ0) is 11.8. The molecule has 0 aromatic carbocycles. The Bertz CT molecular complexity index is 345. The maximum absolute atomic E-state index is 12.2. The lowest BCUT2D eigenvalue weighted by Crippen LogP contribution is -2.45. The normalized spacial score (nSPS) is 32.4. The largest absolute Gasteiger partial charge is 0.337 e. The van der Waals surface area contributed by atoms with Crippen LogP contribution in [0.1, 0.15) is 19.3 Å². The zero-order valence-electron chi connectivity index (χ0n) is 10.0. The monoisotopic (exact) mass is 237 g/mol. The highest BCUT2D eigenvalue weighted by molar-refractivity contribution is 5.86. The lowest BCUT2D eigenvalue weighted by atomic mass is 10.1. The number of nitrogens with zero attached hydrogens (tertiary/aromatic N) is 2. The smallest absolute Gasteiger partial charge is 0.242 e. The van der Waals surface area contributed by atoms with Gasteiger partial charge in [0.2, 0.25) is 11.8 Å². The molecule has 0 aliphatic carbocycles. The molecule has 1 N–H and O–H groups in total. The molecule has 3 rings (SSSR count). The van der Waals surface area contributed by atoms with Gasteiger partial charge in [-0.05, 0) is 18.8 Å². The second-order valence-electron chi connectivity index (χ2n) is 5.28. The summed E-state index contributed by atoms with van der Waals surface area (Å²) in [4.78, 5) is 27.4. The summed E-state index contributed by atoms with van der Waals surface area (Å²) in [5.74, 6) is 0.906. The number of rotatable bonds is 2. The van der Waals surface area contributed by atoms with Crippen LogP contribution in [0.2, 0.25) is 0 Å². The van der Waals surface area contributed by atoms with Crippen LogP contribution >= 0.6 is 0 Å². The molecule has 0 bridgehead atoms. The average molecular weight is 237 g/mol. The molecule has 3 saturated heterocycles. The van der Waals surface area contributed by atoms with E-state index >= 15 is 0 Å². The Morgan fingerprint density at radius 3 is 3.00 bits per heavy atom. The van der Waals surface area contributed by atoms with E-state index in [0.29, 0.717) is 24.9 Å². The molecule has 3 aliphatic heterocycles. The van der Waals surface area contributed by atoms with Crippen molar-refractivity contribution in [1.29, 1.82) is 0 Å². The van der Waals surface area contributed by atoms with E-state index in [1.54, 1.807) is 4.90 Å². The summed E-state index contributed by atoms with van der Waals surface area (Å²) in [7, 11) is 0. The van der Waals surface area contributed by atoms with Crippen LogP contribution in [0.15, 0.2) is 0 Å². The first-order valence-corrected chi connectivity index (χ1v) is 6.53. The Hall–Kier alpha value is -1.10. The fraction of sp³-hybridized carbons (Fsp3) is 0.833. The molecular weight excluding hydrogens is 218 g/mol. The molecule has 94 valence electrons. The van der Waals surface area contributed by atoms with Crippen molar-refractivity contribution in [3.05, 3.63) is 0 Å². The van der Waals surface area contributed by atoms with E-state index in [0.717, 1.165) is 39.0 Å². The van der Waals surface area contributed by atoms with Crippen molar-refractivity contribution >= 4 is 11.8 Å². The summed E-state index contributed by atoms with van der Waals surface area (Å²) in [6, 6.07) is 0.375. The first kappa shape index (κ1) is 11.0. The van der Waals surface area contributed by atoms with Crippen LogP contribution in [0.25, 0.3) is 0 Å². The van der Waals surface area contributed by atoms with Gasteiger partial charge < -0.3 is 15.1 Å². The number of nitrogens with one attached hydrogen (secondary N) is 1. The van der Waals surface area contributed by atoms with Gasteiger partial charge in [-0.2, -0.15) is 0 Å². The fourth-order valence-electron chi connectivity index (χ4n) is 3.28. The first-order valence-electron chi connectivity index (χ1n) is 6.53. The molecule has 0 saturated carbocycles. The zero-order valence-corrected chi connectivity index (χ0v) is 10.0. The van der Waals surface area contributed by atoms with Gasteiger partial charge >= 0.3 is 0 Å². The Balaban J connectivity index is 1.60. The second-order valence-corrected chi connectivity index (χ2v) is 5.28. The van der Waals surface area contributed by atoms with Gasteiger partial charge in [-0.3, -0.25) is 9.59 Å². The van der Waals surface area contributed by atoms with Crippen molar-refractivity contribution in [2.75, 3.05) is 32.7 Å². The molecule has 5 heteroatoms. The van der Waals surface area contributed by atoms with Gasteiger partial charge in [0.25, 0.3) is 0 Å². The van der Waals surface area contributed by atoms with Gasteiger partial charge in [0.15, 0.2) is 0 Å². The number of likely N-dealkylation sites (tertiary alicyclic amines) is 2. The maximum Gasteiger partial charge on any atom is 0.242 e. The number of carbonyl (C=O) groups is 2. The second kappa shape index (κ2) is 4.29. The minimum atomic E-state index is 0.136. The highest BCUT2D eigenvalue weighted by Crippen LogP contribution is 2.27. The standard InChI is InChI=1S/C12H19N3O2/c16-11-2-1-4-14(11)8-12(17)15-5-3-9-6-13-7-10(9)15/h9-10,13H,1-8H2/t9-,10+/m0/s1. The predicted molar refractivity (Wildman–Crippen MR) is 62.3 cm³/mol. The van der Waals surface area contributed by atoms with E-state index in [4.69, 9.17) is 0 Å². The van der Waals surface area contributed by atoms with Crippen LogP contribution in [-0.4, -0.2) is 60.4 Å². The molecule has 0 radical (unpaired) electrons. The molecule has 5 nitrogen and oxygen atoms in total. The molecule has 3 aliphatic rings. The van der Waals surface area contributed by atoms with E-state index in [1.807, 2.05) is 4.90 Å². The fourth-order valence-corrected chi connectivity index (χ4v) is 3.28. The maximum atomic E-state index is 12.2. The molecule has 2 atom stereocenters. The highest BCUT2D eigenvalue weighted by atomic mass is 16.2. The van der Waals surface area contributed by atoms with Gasteiger partial charge in [0.1, 0.15) is 0 Å². The van der Waals surface area contributed by atoms with Gasteiger partial charge in [0, 0.05) is 38.6 Å².